The third-order valence-electron chi connectivity index (χ3n) is 4.78. The molecule has 4 nitrogen and oxygen atoms in total. The number of hydrogen-bond donors (Lipinski definition) is 1. The molecule has 0 atom stereocenters. The summed E-state index contributed by atoms with van der Waals surface area (Å²) in [5.41, 5.74) is 3.08. The monoisotopic (exact) mass is 418 g/mol. The van der Waals surface area contributed by atoms with E-state index in [0.717, 1.165) is 21.7 Å². The van der Waals surface area contributed by atoms with Crippen LogP contribution in [0, 0.1) is 5.82 Å². The highest BCUT2D eigenvalue weighted by Crippen LogP contribution is 2.42. The second kappa shape index (κ2) is 8.55. The zero-order valence-electron chi connectivity index (χ0n) is 16.3. The Morgan fingerprint density at radius 2 is 1.73 bits per heavy atom. The van der Waals surface area contributed by atoms with Gasteiger partial charge in [-0.2, -0.15) is 0 Å². The number of thioether (sulfide) groups is 1. The van der Waals surface area contributed by atoms with E-state index in [-0.39, 0.29) is 17.6 Å². The van der Waals surface area contributed by atoms with Crippen LogP contribution in [0.3, 0.4) is 0 Å². The molecule has 3 aromatic carbocycles. The number of carbonyl (C=O) groups is 2. The second-order valence-corrected chi connectivity index (χ2v) is 7.88. The lowest BCUT2D eigenvalue weighted by atomic mass is 10.1. The fourth-order valence-electron chi connectivity index (χ4n) is 3.22. The highest BCUT2D eigenvalue weighted by molar-refractivity contribution is 8.04. The van der Waals surface area contributed by atoms with E-state index in [1.165, 1.54) is 23.9 Å². The van der Waals surface area contributed by atoms with Crippen molar-refractivity contribution in [3.8, 4) is 0 Å². The minimum absolute atomic E-state index is 0.113. The maximum Gasteiger partial charge on any atom is 0.265 e. The highest BCUT2D eigenvalue weighted by atomic mass is 32.2. The van der Waals surface area contributed by atoms with E-state index in [2.05, 4.69) is 5.32 Å². The molecule has 0 fully saturated rings. The summed E-state index contributed by atoms with van der Waals surface area (Å²) in [6.45, 7) is 0.351. The van der Waals surface area contributed by atoms with E-state index < -0.39 is 0 Å². The fourth-order valence-corrected chi connectivity index (χ4v) is 4.28. The molecule has 1 N–H and O–H groups in total. The molecule has 0 unspecified atom stereocenters. The number of anilines is 1. The summed E-state index contributed by atoms with van der Waals surface area (Å²) < 4.78 is 13.3. The molecule has 0 bridgehead atoms. The molecule has 0 saturated heterocycles. The standard InChI is InChI=1S/C24H19FN2O2S/c1-26-23(28)18-10-6-16(7-11-18)14-22-24(29)27(15-17-8-12-19(25)13-9-17)20-4-2-3-5-21(20)30-22/h2-14H,15H2,1H3,(H,26,28)/b22-14-. The normalized spacial score (nSPS) is 14.5. The number of hydrogen-bond acceptors (Lipinski definition) is 3. The van der Waals surface area contributed by atoms with Crippen LogP contribution in [0.15, 0.2) is 82.6 Å². The summed E-state index contributed by atoms with van der Waals surface area (Å²) in [7, 11) is 1.59. The van der Waals surface area contributed by atoms with E-state index in [9.17, 15) is 14.0 Å². The molecule has 0 spiro atoms. The van der Waals surface area contributed by atoms with Crippen molar-refractivity contribution in [1.82, 2.24) is 5.32 Å². The predicted octanol–water partition coefficient (Wildman–Crippen LogP) is 4.87. The van der Waals surface area contributed by atoms with Gasteiger partial charge in [-0.1, -0.05) is 48.2 Å². The number of halogens is 1. The summed E-state index contributed by atoms with van der Waals surface area (Å²) in [6.07, 6.45) is 1.83. The molecule has 6 heteroatoms. The molecule has 2 amide bonds. The minimum Gasteiger partial charge on any atom is -0.355 e. The number of nitrogens with one attached hydrogen (secondary N) is 1. The van der Waals surface area contributed by atoms with Crippen LogP contribution in [0.25, 0.3) is 6.08 Å². The summed E-state index contributed by atoms with van der Waals surface area (Å²) in [4.78, 5) is 28.3. The van der Waals surface area contributed by atoms with E-state index >= 15 is 0 Å². The van der Waals surface area contributed by atoms with Gasteiger partial charge in [0, 0.05) is 17.5 Å². The molecule has 150 valence electrons. The Balaban J connectivity index is 1.66. The van der Waals surface area contributed by atoms with Gasteiger partial charge in [-0.15, -0.1) is 0 Å². The van der Waals surface area contributed by atoms with Gasteiger partial charge < -0.3 is 10.2 Å². The summed E-state index contributed by atoms with van der Waals surface area (Å²) in [6, 6.07) is 21.0. The fraction of sp³-hybridized carbons (Fsp3) is 0.0833. The number of amides is 2. The van der Waals surface area contributed by atoms with Gasteiger partial charge in [0.25, 0.3) is 11.8 Å². The quantitative estimate of drug-likeness (QED) is 0.616. The third-order valence-corrected chi connectivity index (χ3v) is 5.86. The van der Waals surface area contributed by atoms with Crippen LogP contribution in [0.5, 0.6) is 0 Å². The molecule has 3 aromatic rings. The minimum atomic E-state index is -0.305. The first-order valence-electron chi connectivity index (χ1n) is 9.42. The Morgan fingerprint density at radius 3 is 2.43 bits per heavy atom. The molecule has 4 rings (SSSR count). The van der Waals surface area contributed by atoms with Gasteiger partial charge in [0.1, 0.15) is 5.82 Å². The van der Waals surface area contributed by atoms with Gasteiger partial charge in [0.2, 0.25) is 0 Å². The van der Waals surface area contributed by atoms with Gasteiger partial charge in [-0.25, -0.2) is 4.39 Å². The Kier molecular flexibility index (Phi) is 5.68. The topological polar surface area (TPSA) is 49.4 Å². The highest BCUT2D eigenvalue weighted by Gasteiger charge is 2.29. The van der Waals surface area contributed by atoms with Crippen molar-refractivity contribution in [3.63, 3.8) is 0 Å². The van der Waals surface area contributed by atoms with Crippen molar-refractivity contribution in [2.75, 3.05) is 11.9 Å². The summed E-state index contributed by atoms with van der Waals surface area (Å²) in [5.74, 6) is -0.574. The molecule has 0 saturated carbocycles. The maximum atomic E-state index is 13.3. The molecule has 0 aliphatic carbocycles. The molecule has 0 radical (unpaired) electrons. The van der Waals surface area contributed by atoms with E-state index in [1.54, 1.807) is 36.2 Å². The molecule has 30 heavy (non-hydrogen) atoms. The predicted molar refractivity (Wildman–Crippen MR) is 118 cm³/mol. The Labute approximate surface area is 178 Å². The van der Waals surface area contributed by atoms with Crippen LogP contribution in [-0.4, -0.2) is 18.9 Å². The second-order valence-electron chi connectivity index (χ2n) is 6.80. The first kappa shape index (κ1) is 19.9. The average molecular weight is 418 g/mol. The van der Waals surface area contributed by atoms with E-state index in [0.29, 0.717) is 17.0 Å². The van der Waals surface area contributed by atoms with E-state index in [1.807, 2.05) is 42.5 Å². The number of benzene rings is 3. The van der Waals surface area contributed by atoms with Gasteiger partial charge >= 0.3 is 0 Å². The van der Waals surface area contributed by atoms with Crippen molar-refractivity contribution in [1.29, 1.82) is 0 Å². The van der Waals surface area contributed by atoms with Crippen molar-refractivity contribution in [2.24, 2.45) is 0 Å². The van der Waals surface area contributed by atoms with Crippen molar-refractivity contribution < 1.29 is 14.0 Å². The zero-order chi connectivity index (χ0) is 21.1. The Morgan fingerprint density at radius 1 is 1.03 bits per heavy atom. The van der Waals surface area contributed by atoms with Crippen molar-refractivity contribution >= 4 is 35.3 Å². The third kappa shape index (κ3) is 4.14. The number of carbonyl (C=O) groups excluding carboxylic acids is 2. The van der Waals surface area contributed by atoms with Gasteiger partial charge in [-0.05, 0) is 53.6 Å². The lowest BCUT2D eigenvalue weighted by Crippen LogP contribution is -2.33. The van der Waals surface area contributed by atoms with Gasteiger partial charge in [0.15, 0.2) is 0 Å². The van der Waals surface area contributed by atoms with Crippen molar-refractivity contribution in [3.05, 3.63) is 100 Å². The van der Waals surface area contributed by atoms with Gasteiger partial charge in [-0.3, -0.25) is 9.59 Å². The number of para-hydroxylation sites is 1. The van der Waals surface area contributed by atoms with Crippen LogP contribution in [-0.2, 0) is 11.3 Å². The van der Waals surface area contributed by atoms with Crippen LogP contribution in [0.2, 0.25) is 0 Å². The van der Waals surface area contributed by atoms with Gasteiger partial charge in [0.05, 0.1) is 17.1 Å². The van der Waals surface area contributed by atoms with Crippen LogP contribution >= 0.6 is 11.8 Å². The molecule has 1 heterocycles. The lowest BCUT2D eigenvalue weighted by molar-refractivity contribution is -0.114. The SMILES string of the molecule is CNC(=O)c1ccc(/C=C2\Sc3ccccc3N(Cc3ccc(F)cc3)C2=O)cc1. The molecular formula is C24H19FN2O2S. The maximum absolute atomic E-state index is 13.3. The molecular weight excluding hydrogens is 399 g/mol. The van der Waals surface area contributed by atoms with Crippen LogP contribution in [0.4, 0.5) is 10.1 Å². The Bertz CT molecular complexity index is 1120. The molecule has 1 aliphatic heterocycles. The average Bonchev–Trinajstić information content (AvgIpc) is 2.78. The molecule has 1 aliphatic rings. The summed E-state index contributed by atoms with van der Waals surface area (Å²) >= 11 is 1.42. The first-order valence-corrected chi connectivity index (χ1v) is 10.2. The number of fused-ring (bicyclic) bond motifs is 1. The first-order chi connectivity index (χ1) is 14.5. The van der Waals surface area contributed by atoms with Crippen molar-refractivity contribution in [2.45, 2.75) is 11.4 Å². The van der Waals surface area contributed by atoms with Crippen LogP contribution in [0.1, 0.15) is 21.5 Å². The van der Waals surface area contributed by atoms with Crippen LogP contribution < -0.4 is 10.2 Å². The lowest BCUT2D eigenvalue weighted by Gasteiger charge is -2.30. The number of rotatable bonds is 4. The summed E-state index contributed by atoms with van der Waals surface area (Å²) in [5, 5.41) is 2.59. The Hall–Kier alpha value is -3.38. The van der Waals surface area contributed by atoms with E-state index in [4.69, 9.17) is 0 Å². The smallest absolute Gasteiger partial charge is 0.265 e. The zero-order valence-corrected chi connectivity index (χ0v) is 17.1. The number of nitrogens with zero attached hydrogens (tertiary/aromatic N) is 1. The largest absolute Gasteiger partial charge is 0.355 e. The molecule has 0 aromatic heterocycles.